The predicted molar refractivity (Wildman–Crippen MR) is 85.7 cm³/mol. The first-order valence-corrected chi connectivity index (χ1v) is 8.73. The summed E-state index contributed by atoms with van der Waals surface area (Å²) >= 11 is 0. The quantitative estimate of drug-likeness (QED) is 0.904. The number of nitrogens with zero attached hydrogens (tertiary/aromatic N) is 3. The van der Waals surface area contributed by atoms with E-state index >= 15 is 0 Å². The Bertz CT molecular complexity index is 606. The molecule has 0 unspecified atom stereocenters. The van der Waals surface area contributed by atoms with Gasteiger partial charge in [0.1, 0.15) is 0 Å². The third-order valence-corrected chi connectivity index (χ3v) is 5.31. The maximum atomic E-state index is 12.9. The number of carbonyl (C=O) groups excluding carboxylic acids is 2. The highest BCUT2D eigenvalue weighted by molar-refractivity contribution is 5.87. The van der Waals surface area contributed by atoms with Crippen molar-refractivity contribution in [2.45, 2.75) is 45.1 Å². The highest BCUT2D eigenvalue weighted by Gasteiger charge is 2.47. The normalized spacial score (nSPS) is 24.3. The molecule has 124 valence electrons. The van der Waals surface area contributed by atoms with Gasteiger partial charge in [-0.1, -0.05) is 0 Å². The number of nitrogens with one attached hydrogen (secondary N) is 1. The van der Waals surface area contributed by atoms with Crippen molar-refractivity contribution in [3.63, 3.8) is 0 Å². The number of rotatable bonds is 5. The molecule has 3 fully saturated rings. The number of likely N-dealkylation sites (tertiary alicyclic amines) is 1. The molecule has 0 spiro atoms. The fourth-order valence-electron chi connectivity index (χ4n) is 3.86. The van der Waals surface area contributed by atoms with Crippen molar-refractivity contribution in [1.29, 1.82) is 0 Å². The Balaban J connectivity index is 1.39. The van der Waals surface area contributed by atoms with Gasteiger partial charge < -0.3 is 10.2 Å². The Morgan fingerprint density at radius 3 is 2.52 bits per heavy atom. The lowest BCUT2D eigenvalue weighted by Crippen LogP contribution is -2.36. The molecule has 2 aliphatic carbocycles. The van der Waals surface area contributed by atoms with E-state index in [1.54, 1.807) is 0 Å². The van der Waals surface area contributed by atoms with Gasteiger partial charge >= 0.3 is 0 Å². The van der Waals surface area contributed by atoms with Crippen LogP contribution < -0.4 is 5.32 Å². The van der Waals surface area contributed by atoms with E-state index in [2.05, 4.69) is 10.4 Å². The molecule has 0 bridgehead atoms. The predicted octanol–water partition coefficient (Wildman–Crippen LogP) is 2.05. The van der Waals surface area contributed by atoms with E-state index < -0.39 is 0 Å². The molecule has 6 heteroatoms. The molecule has 2 saturated carbocycles. The summed E-state index contributed by atoms with van der Waals surface area (Å²) in [6.45, 7) is 3.05. The van der Waals surface area contributed by atoms with Crippen molar-refractivity contribution in [3.05, 3.63) is 12.3 Å². The highest BCUT2D eigenvalue weighted by Crippen LogP contribution is 2.50. The van der Waals surface area contributed by atoms with Gasteiger partial charge in [-0.3, -0.25) is 14.3 Å². The maximum Gasteiger partial charge on any atom is 0.226 e. The molecule has 0 radical (unpaired) electrons. The van der Waals surface area contributed by atoms with Crippen LogP contribution in [0.5, 0.6) is 0 Å². The number of anilines is 1. The van der Waals surface area contributed by atoms with Gasteiger partial charge in [-0.05, 0) is 43.9 Å². The van der Waals surface area contributed by atoms with Crippen LogP contribution in [0.2, 0.25) is 0 Å². The van der Waals surface area contributed by atoms with E-state index in [0.29, 0.717) is 29.5 Å². The van der Waals surface area contributed by atoms with Crippen molar-refractivity contribution < 1.29 is 9.59 Å². The van der Waals surface area contributed by atoms with Crippen LogP contribution in [-0.4, -0.2) is 39.6 Å². The Morgan fingerprint density at radius 1 is 1.22 bits per heavy atom. The molecule has 1 N–H and O–H groups in total. The fourth-order valence-corrected chi connectivity index (χ4v) is 3.86. The van der Waals surface area contributed by atoms with Crippen molar-refractivity contribution in [2.75, 3.05) is 18.4 Å². The van der Waals surface area contributed by atoms with Crippen LogP contribution in [0.4, 0.5) is 5.82 Å². The molecule has 1 aromatic rings. The smallest absolute Gasteiger partial charge is 0.226 e. The van der Waals surface area contributed by atoms with E-state index in [-0.39, 0.29) is 11.9 Å². The van der Waals surface area contributed by atoms with Gasteiger partial charge in [0, 0.05) is 38.2 Å². The standard InChI is InChI=1S/C17H24N4O2/c1-11(22)18-15-7-9-21(19-15)14-6-8-20(10-14)17(23)16(12-2-3-12)13-4-5-13/h7,9,12-14,16H,2-6,8,10H2,1H3,(H,18,19,22)/t14-/m1/s1. The van der Waals surface area contributed by atoms with Crippen LogP contribution in [0.3, 0.4) is 0 Å². The van der Waals surface area contributed by atoms with Crippen LogP contribution >= 0.6 is 0 Å². The highest BCUT2D eigenvalue weighted by atomic mass is 16.2. The Labute approximate surface area is 136 Å². The molecular weight excluding hydrogens is 292 g/mol. The van der Waals surface area contributed by atoms with Gasteiger partial charge in [0.2, 0.25) is 11.8 Å². The summed E-state index contributed by atoms with van der Waals surface area (Å²) < 4.78 is 1.89. The van der Waals surface area contributed by atoms with E-state index in [1.165, 1.54) is 32.6 Å². The number of hydrogen-bond donors (Lipinski definition) is 1. The summed E-state index contributed by atoms with van der Waals surface area (Å²) in [6, 6.07) is 2.03. The third kappa shape index (κ3) is 3.12. The topological polar surface area (TPSA) is 67.2 Å². The average molecular weight is 316 g/mol. The summed E-state index contributed by atoms with van der Waals surface area (Å²) in [5.41, 5.74) is 0. The van der Waals surface area contributed by atoms with Crippen LogP contribution in [0.15, 0.2) is 12.3 Å². The molecule has 1 saturated heterocycles. The van der Waals surface area contributed by atoms with Crippen molar-refractivity contribution in [1.82, 2.24) is 14.7 Å². The first-order chi connectivity index (χ1) is 11.1. The van der Waals surface area contributed by atoms with Gasteiger partial charge in [-0.2, -0.15) is 5.10 Å². The minimum Gasteiger partial charge on any atom is -0.340 e. The molecule has 1 aliphatic heterocycles. The first kappa shape index (κ1) is 14.7. The summed E-state index contributed by atoms with van der Waals surface area (Å²) in [4.78, 5) is 26.0. The lowest BCUT2D eigenvalue weighted by atomic mass is 9.96. The van der Waals surface area contributed by atoms with E-state index in [4.69, 9.17) is 0 Å². The van der Waals surface area contributed by atoms with Gasteiger partial charge in [0.15, 0.2) is 5.82 Å². The molecule has 1 atom stereocenters. The molecule has 0 aromatic carbocycles. The largest absolute Gasteiger partial charge is 0.340 e. The first-order valence-electron chi connectivity index (χ1n) is 8.73. The minimum atomic E-state index is -0.116. The SMILES string of the molecule is CC(=O)Nc1ccn([C@@H]2CCN(C(=O)C(C3CC3)C3CC3)C2)n1. The van der Waals surface area contributed by atoms with Crippen LogP contribution in [0.25, 0.3) is 0 Å². The Kier molecular flexibility index (Phi) is 3.62. The van der Waals surface area contributed by atoms with E-state index in [9.17, 15) is 9.59 Å². The third-order valence-electron chi connectivity index (χ3n) is 5.31. The summed E-state index contributed by atoms with van der Waals surface area (Å²) in [5, 5.41) is 7.11. The van der Waals surface area contributed by atoms with E-state index in [1.807, 2.05) is 21.8 Å². The van der Waals surface area contributed by atoms with Gasteiger partial charge in [-0.15, -0.1) is 0 Å². The van der Waals surface area contributed by atoms with Crippen LogP contribution in [-0.2, 0) is 9.59 Å². The van der Waals surface area contributed by atoms with Crippen molar-refractivity contribution in [3.8, 4) is 0 Å². The van der Waals surface area contributed by atoms with Gasteiger partial charge in [-0.25, -0.2) is 0 Å². The Morgan fingerprint density at radius 2 is 1.91 bits per heavy atom. The van der Waals surface area contributed by atoms with Crippen LogP contribution in [0, 0.1) is 17.8 Å². The Hall–Kier alpha value is -1.85. The number of carbonyl (C=O) groups is 2. The average Bonchev–Trinajstić information content (AvgIpc) is 3.42. The molecular formula is C17H24N4O2. The fraction of sp³-hybridized carbons (Fsp3) is 0.706. The van der Waals surface area contributed by atoms with Gasteiger partial charge in [0.25, 0.3) is 0 Å². The second-order valence-corrected chi connectivity index (χ2v) is 7.29. The lowest BCUT2D eigenvalue weighted by molar-refractivity contribution is -0.136. The summed E-state index contributed by atoms with van der Waals surface area (Å²) in [5.74, 6) is 2.45. The number of hydrogen-bond acceptors (Lipinski definition) is 3. The lowest BCUT2D eigenvalue weighted by Gasteiger charge is -2.23. The zero-order valence-electron chi connectivity index (χ0n) is 13.6. The second kappa shape index (κ2) is 5.65. The monoisotopic (exact) mass is 316 g/mol. The molecule has 1 aromatic heterocycles. The summed E-state index contributed by atoms with van der Waals surface area (Å²) in [7, 11) is 0. The number of aromatic nitrogens is 2. The zero-order chi connectivity index (χ0) is 16.0. The van der Waals surface area contributed by atoms with Crippen LogP contribution in [0.1, 0.15) is 45.1 Å². The maximum absolute atomic E-state index is 12.9. The number of amides is 2. The molecule has 6 nitrogen and oxygen atoms in total. The summed E-state index contributed by atoms with van der Waals surface area (Å²) in [6.07, 6.45) is 7.79. The van der Waals surface area contributed by atoms with Gasteiger partial charge in [0.05, 0.1) is 6.04 Å². The van der Waals surface area contributed by atoms with Crippen molar-refractivity contribution >= 4 is 17.6 Å². The minimum absolute atomic E-state index is 0.116. The van der Waals surface area contributed by atoms with E-state index in [0.717, 1.165) is 19.5 Å². The molecule has 3 aliphatic rings. The molecule has 23 heavy (non-hydrogen) atoms. The molecule has 2 heterocycles. The molecule has 4 rings (SSSR count). The second-order valence-electron chi connectivity index (χ2n) is 7.29. The molecule has 2 amide bonds. The zero-order valence-corrected chi connectivity index (χ0v) is 13.6. The van der Waals surface area contributed by atoms with Crippen molar-refractivity contribution in [2.24, 2.45) is 17.8 Å².